The van der Waals surface area contributed by atoms with Gasteiger partial charge in [-0.3, -0.25) is 4.90 Å². The van der Waals surface area contributed by atoms with Gasteiger partial charge in [0.15, 0.2) is 0 Å². The molecule has 1 aromatic carbocycles. The molecule has 18 heavy (non-hydrogen) atoms. The normalized spacial score (nSPS) is 12.7. The molecule has 0 heterocycles. The van der Waals surface area contributed by atoms with Gasteiger partial charge in [0.1, 0.15) is 0 Å². The quantitative estimate of drug-likeness (QED) is 0.714. The lowest BCUT2D eigenvalue weighted by Crippen LogP contribution is -2.24. The van der Waals surface area contributed by atoms with Crippen LogP contribution in [0.2, 0.25) is 0 Å². The second-order valence-electron chi connectivity index (χ2n) is 4.90. The van der Waals surface area contributed by atoms with E-state index in [9.17, 15) is 0 Å². The van der Waals surface area contributed by atoms with Crippen LogP contribution < -0.4 is 5.73 Å². The van der Waals surface area contributed by atoms with Gasteiger partial charge in [-0.25, -0.2) is 0 Å². The molecule has 0 amide bonds. The van der Waals surface area contributed by atoms with Crippen LogP contribution in [0.3, 0.4) is 0 Å². The van der Waals surface area contributed by atoms with Gasteiger partial charge in [-0.2, -0.15) is 0 Å². The van der Waals surface area contributed by atoms with Crippen molar-refractivity contribution in [2.24, 2.45) is 5.73 Å². The summed E-state index contributed by atoms with van der Waals surface area (Å²) in [5.41, 5.74) is 8.37. The van der Waals surface area contributed by atoms with Crippen molar-refractivity contribution in [1.29, 1.82) is 0 Å². The smallest absolute Gasteiger partial charge is 0.0237 e. The van der Waals surface area contributed by atoms with Gasteiger partial charge in [-0.05, 0) is 36.6 Å². The van der Waals surface area contributed by atoms with Crippen molar-refractivity contribution in [3.8, 4) is 0 Å². The molecule has 1 atom stereocenters. The summed E-state index contributed by atoms with van der Waals surface area (Å²) in [5.74, 6) is 0.443. The van der Waals surface area contributed by atoms with Crippen LogP contribution in [0.4, 0.5) is 0 Å². The molecule has 0 saturated heterocycles. The summed E-state index contributed by atoms with van der Waals surface area (Å²) >= 11 is 0. The van der Waals surface area contributed by atoms with E-state index >= 15 is 0 Å². The van der Waals surface area contributed by atoms with Crippen molar-refractivity contribution in [3.05, 3.63) is 48.0 Å². The highest BCUT2D eigenvalue weighted by molar-refractivity contribution is 5.25. The zero-order valence-corrected chi connectivity index (χ0v) is 11.7. The summed E-state index contributed by atoms with van der Waals surface area (Å²) in [7, 11) is 0. The van der Waals surface area contributed by atoms with E-state index in [2.05, 4.69) is 49.6 Å². The Hall–Kier alpha value is -1.12. The molecular weight excluding hydrogens is 220 g/mol. The van der Waals surface area contributed by atoms with Gasteiger partial charge in [0.25, 0.3) is 0 Å². The molecule has 0 spiro atoms. The minimum absolute atomic E-state index is 0.443. The molecule has 2 heteroatoms. The Morgan fingerprint density at radius 2 is 2.00 bits per heavy atom. The van der Waals surface area contributed by atoms with Crippen LogP contribution in [0.15, 0.2) is 36.9 Å². The fourth-order valence-corrected chi connectivity index (χ4v) is 2.08. The van der Waals surface area contributed by atoms with E-state index in [0.29, 0.717) is 12.5 Å². The van der Waals surface area contributed by atoms with Crippen molar-refractivity contribution >= 4 is 0 Å². The van der Waals surface area contributed by atoms with Crippen molar-refractivity contribution in [1.82, 2.24) is 4.90 Å². The monoisotopic (exact) mass is 246 g/mol. The average molecular weight is 246 g/mol. The molecule has 0 aliphatic rings. The maximum absolute atomic E-state index is 5.68. The molecule has 0 bridgehead atoms. The molecule has 2 nitrogen and oxygen atoms in total. The number of nitrogens with zero attached hydrogens (tertiary/aromatic N) is 1. The molecule has 100 valence electrons. The summed E-state index contributed by atoms with van der Waals surface area (Å²) in [4.78, 5) is 2.41. The van der Waals surface area contributed by atoms with Crippen LogP contribution in [-0.2, 0) is 6.54 Å². The minimum Gasteiger partial charge on any atom is -0.330 e. The largest absolute Gasteiger partial charge is 0.330 e. The zero-order valence-electron chi connectivity index (χ0n) is 11.7. The third-order valence-electron chi connectivity index (χ3n) is 3.24. The van der Waals surface area contributed by atoms with Gasteiger partial charge in [0, 0.05) is 13.1 Å². The maximum Gasteiger partial charge on any atom is 0.0237 e. The summed E-state index contributed by atoms with van der Waals surface area (Å²) in [6.45, 7) is 12.0. The predicted octanol–water partition coefficient (Wildman–Crippen LogP) is 3.15. The predicted molar refractivity (Wildman–Crippen MR) is 79.7 cm³/mol. The first-order valence-corrected chi connectivity index (χ1v) is 6.83. The summed E-state index contributed by atoms with van der Waals surface area (Å²) in [6, 6.07) is 8.83. The van der Waals surface area contributed by atoms with E-state index in [4.69, 9.17) is 5.73 Å². The van der Waals surface area contributed by atoms with Crippen LogP contribution in [0.25, 0.3) is 0 Å². The van der Waals surface area contributed by atoms with Gasteiger partial charge < -0.3 is 5.73 Å². The molecule has 0 radical (unpaired) electrons. The lowest BCUT2D eigenvalue weighted by Gasteiger charge is -2.20. The van der Waals surface area contributed by atoms with Crippen LogP contribution in [0, 0.1) is 0 Å². The third-order valence-corrected chi connectivity index (χ3v) is 3.24. The van der Waals surface area contributed by atoms with Crippen molar-refractivity contribution in [2.75, 3.05) is 19.6 Å². The molecule has 0 aliphatic carbocycles. The van der Waals surface area contributed by atoms with Crippen LogP contribution in [-0.4, -0.2) is 24.5 Å². The van der Waals surface area contributed by atoms with Crippen LogP contribution >= 0.6 is 0 Å². The highest BCUT2D eigenvalue weighted by atomic mass is 15.1. The molecule has 0 aliphatic heterocycles. The maximum atomic E-state index is 5.68. The third kappa shape index (κ3) is 4.63. The Morgan fingerprint density at radius 1 is 1.33 bits per heavy atom. The molecule has 1 unspecified atom stereocenters. The molecule has 0 fully saturated rings. The Labute approximate surface area is 111 Å². The van der Waals surface area contributed by atoms with Gasteiger partial charge in [-0.1, -0.05) is 44.2 Å². The standard InChI is InChI=1S/C16H26N2/c1-4-10-18(11-5-2)13-15-6-8-16(9-7-15)14(3)12-17/h4,6-9,14H,1,5,10-13,17H2,2-3H3. The van der Waals surface area contributed by atoms with Crippen molar-refractivity contribution in [2.45, 2.75) is 32.7 Å². The fourth-order valence-electron chi connectivity index (χ4n) is 2.08. The van der Waals surface area contributed by atoms with Crippen molar-refractivity contribution < 1.29 is 0 Å². The molecule has 1 aromatic rings. The summed E-state index contributed by atoms with van der Waals surface area (Å²) in [5, 5.41) is 0. The number of rotatable bonds is 8. The molecule has 2 N–H and O–H groups in total. The zero-order chi connectivity index (χ0) is 13.4. The van der Waals surface area contributed by atoms with Crippen LogP contribution in [0.1, 0.15) is 37.3 Å². The first-order chi connectivity index (χ1) is 8.71. The van der Waals surface area contributed by atoms with Crippen LogP contribution in [0.5, 0.6) is 0 Å². The molecule has 1 rings (SSSR count). The van der Waals surface area contributed by atoms with Gasteiger partial charge in [-0.15, -0.1) is 6.58 Å². The fraction of sp³-hybridized carbons (Fsp3) is 0.500. The first-order valence-electron chi connectivity index (χ1n) is 6.83. The van der Waals surface area contributed by atoms with Gasteiger partial charge in [0.05, 0.1) is 0 Å². The highest BCUT2D eigenvalue weighted by Crippen LogP contribution is 2.15. The van der Waals surface area contributed by atoms with Gasteiger partial charge in [0.2, 0.25) is 0 Å². The van der Waals surface area contributed by atoms with E-state index < -0.39 is 0 Å². The molecule has 0 saturated carbocycles. The summed E-state index contributed by atoms with van der Waals surface area (Å²) in [6.07, 6.45) is 3.15. The van der Waals surface area contributed by atoms with E-state index in [1.165, 1.54) is 17.5 Å². The Bertz CT molecular complexity index is 343. The van der Waals surface area contributed by atoms with E-state index in [-0.39, 0.29) is 0 Å². The highest BCUT2D eigenvalue weighted by Gasteiger charge is 2.05. The van der Waals surface area contributed by atoms with Gasteiger partial charge >= 0.3 is 0 Å². The molecular formula is C16H26N2. The average Bonchev–Trinajstić information content (AvgIpc) is 2.39. The second kappa shape index (κ2) is 8.06. The number of hydrogen-bond donors (Lipinski definition) is 1. The summed E-state index contributed by atoms with van der Waals surface area (Å²) < 4.78 is 0. The minimum atomic E-state index is 0.443. The van der Waals surface area contributed by atoms with E-state index in [0.717, 1.165) is 19.6 Å². The Kier molecular flexibility index (Phi) is 6.69. The lowest BCUT2D eigenvalue weighted by atomic mass is 10.00. The van der Waals surface area contributed by atoms with Crippen molar-refractivity contribution in [3.63, 3.8) is 0 Å². The SMILES string of the molecule is C=CCN(CCC)Cc1ccc(C(C)CN)cc1. The Balaban J connectivity index is 2.63. The second-order valence-corrected chi connectivity index (χ2v) is 4.90. The topological polar surface area (TPSA) is 29.3 Å². The molecule has 0 aromatic heterocycles. The van der Waals surface area contributed by atoms with E-state index in [1.807, 2.05) is 6.08 Å². The number of benzene rings is 1. The lowest BCUT2D eigenvalue weighted by molar-refractivity contribution is 0.295. The number of nitrogens with two attached hydrogens (primary N) is 1. The van der Waals surface area contributed by atoms with E-state index in [1.54, 1.807) is 0 Å². The number of hydrogen-bond acceptors (Lipinski definition) is 2. The first kappa shape index (κ1) is 14.9. The Morgan fingerprint density at radius 3 is 2.50 bits per heavy atom.